The van der Waals surface area contributed by atoms with Crippen molar-refractivity contribution in [1.29, 1.82) is 0 Å². The lowest BCUT2D eigenvalue weighted by atomic mass is 10.1. The zero-order valence-electron chi connectivity index (χ0n) is 22.3. The molecule has 0 aliphatic rings. The highest BCUT2D eigenvalue weighted by Gasteiger charge is 2.31. The van der Waals surface area contributed by atoms with E-state index in [4.69, 9.17) is 4.74 Å². The van der Waals surface area contributed by atoms with Gasteiger partial charge in [-0.05, 0) is 46.1 Å². The molecule has 0 spiro atoms. The maximum Gasteiger partial charge on any atom is 0.341 e. The van der Waals surface area contributed by atoms with E-state index in [9.17, 15) is 14.4 Å². The lowest BCUT2D eigenvalue weighted by Crippen LogP contribution is -2.42. The Labute approximate surface area is 209 Å². The fourth-order valence-corrected chi connectivity index (χ4v) is 4.58. The molecule has 0 aliphatic carbocycles. The maximum absolute atomic E-state index is 13.3. The Kier molecular flexibility index (Phi) is 12.6. The predicted molar refractivity (Wildman–Crippen MR) is 140 cm³/mol. The van der Waals surface area contributed by atoms with Crippen molar-refractivity contribution in [2.45, 2.75) is 92.1 Å². The monoisotopic (exact) mass is 496 g/mol. The van der Waals surface area contributed by atoms with Crippen LogP contribution < -0.4 is 10.6 Å². The van der Waals surface area contributed by atoms with Gasteiger partial charge in [-0.15, -0.1) is 11.3 Å². The number of anilines is 1. The van der Waals surface area contributed by atoms with Crippen LogP contribution in [0.5, 0.6) is 0 Å². The first-order chi connectivity index (χ1) is 15.9. The number of ether oxygens (including phenoxy) is 1. The lowest BCUT2D eigenvalue weighted by Gasteiger charge is -2.28. The number of carbonyl (C=O) groups excluding carboxylic acids is 3. The molecule has 1 aromatic rings. The van der Waals surface area contributed by atoms with Crippen LogP contribution in [0, 0.1) is 6.92 Å². The molecule has 1 rings (SSSR count). The summed E-state index contributed by atoms with van der Waals surface area (Å²) in [5.41, 5.74) is 0.0387. The Hall–Kier alpha value is -2.13. The molecule has 0 fully saturated rings. The zero-order chi connectivity index (χ0) is 25.9. The quantitative estimate of drug-likeness (QED) is 0.204. The van der Waals surface area contributed by atoms with Gasteiger partial charge in [-0.2, -0.15) is 0 Å². The highest BCUT2D eigenvalue weighted by Crippen LogP contribution is 2.35. The first-order valence-corrected chi connectivity index (χ1v) is 13.1. The van der Waals surface area contributed by atoms with Crippen molar-refractivity contribution in [2.75, 3.05) is 32.5 Å². The van der Waals surface area contributed by atoms with Crippen molar-refractivity contribution in [3.05, 3.63) is 16.0 Å². The van der Waals surface area contributed by atoms with Gasteiger partial charge in [0.15, 0.2) is 0 Å². The standard InChI is InChI=1S/C25H44N4O4S/c1-9-11-12-13-14-15-16-26-24(32)27-21-19(23(31)33-25(4,5)6)18(3)20(34-21)22(30)29(17-10-2)28(7)8/h9-17H2,1-8H3,(H2,26,27,32). The number of nitrogens with zero attached hydrogens (tertiary/aromatic N) is 2. The number of hydrogen-bond donors (Lipinski definition) is 2. The largest absolute Gasteiger partial charge is 0.456 e. The Morgan fingerprint density at radius 2 is 1.59 bits per heavy atom. The van der Waals surface area contributed by atoms with Gasteiger partial charge in [0.05, 0.1) is 10.4 Å². The van der Waals surface area contributed by atoms with Gasteiger partial charge in [0.1, 0.15) is 10.6 Å². The molecule has 1 aromatic heterocycles. The Bertz CT molecular complexity index is 815. The van der Waals surface area contributed by atoms with Crippen LogP contribution in [0.3, 0.4) is 0 Å². The Morgan fingerprint density at radius 1 is 0.971 bits per heavy atom. The van der Waals surface area contributed by atoms with E-state index >= 15 is 0 Å². The summed E-state index contributed by atoms with van der Waals surface area (Å²) in [5.74, 6) is -0.766. The van der Waals surface area contributed by atoms with Gasteiger partial charge in [0.25, 0.3) is 5.91 Å². The van der Waals surface area contributed by atoms with E-state index in [2.05, 4.69) is 17.6 Å². The molecule has 194 valence electrons. The molecular formula is C25H44N4O4S. The van der Waals surface area contributed by atoms with E-state index < -0.39 is 17.6 Å². The zero-order valence-corrected chi connectivity index (χ0v) is 23.1. The number of esters is 1. The summed E-state index contributed by atoms with van der Waals surface area (Å²) in [6.07, 6.45) is 7.58. The molecule has 8 nitrogen and oxygen atoms in total. The highest BCUT2D eigenvalue weighted by molar-refractivity contribution is 7.18. The van der Waals surface area contributed by atoms with E-state index in [0.29, 0.717) is 28.5 Å². The maximum atomic E-state index is 13.3. The van der Waals surface area contributed by atoms with Crippen LogP contribution in [-0.2, 0) is 4.74 Å². The minimum absolute atomic E-state index is 0.209. The summed E-state index contributed by atoms with van der Waals surface area (Å²) in [6.45, 7) is 12.4. The number of amides is 3. The van der Waals surface area contributed by atoms with Crippen molar-refractivity contribution in [3.63, 3.8) is 0 Å². The molecule has 34 heavy (non-hydrogen) atoms. The van der Waals surface area contributed by atoms with Gasteiger partial charge in [0, 0.05) is 27.2 Å². The third-order valence-electron chi connectivity index (χ3n) is 5.14. The summed E-state index contributed by atoms with van der Waals surface area (Å²) in [7, 11) is 3.61. The second kappa shape index (κ2) is 14.3. The Morgan fingerprint density at radius 3 is 2.15 bits per heavy atom. The minimum Gasteiger partial charge on any atom is -0.456 e. The van der Waals surface area contributed by atoms with Crippen LogP contribution in [0.1, 0.15) is 105 Å². The Balaban J connectivity index is 3.06. The average molecular weight is 497 g/mol. The summed E-state index contributed by atoms with van der Waals surface area (Å²) in [4.78, 5) is 39.3. The van der Waals surface area contributed by atoms with E-state index in [1.54, 1.807) is 51.8 Å². The number of carbonyl (C=O) groups is 3. The predicted octanol–water partition coefficient (Wildman–Crippen LogP) is 5.82. The minimum atomic E-state index is -0.704. The van der Waals surface area contributed by atoms with Crippen LogP contribution in [0.4, 0.5) is 9.80 Å². The summed E-state index contributed by atoms with van der Waals surface area (Å²) >= 11 is 1.11. The summed E-state index contributed by atoms with van der Waals surface area (Å²) in [5, 5.41) is 9.33. The molecule has 0 saturated heterocycles. The smallest absolute Gasteiger partial charge is 0.341 e. The number of hydrazine groups is 1. The lowest BCUT2D eigenvalue weighted by molar-refractivity contribution is 0.00705. The van der Waals surface area contributed by atoms with E-state index in [1.165, 1.54) is 19.3 Å². The molecule has 0 bridgehead atoms. The second-order valence-electron chi connectivity index (χ2n) is 9.69. The molecule has 2 N–H and O–H groups in total. The summed E-state index contributed by atoms with van der Waals surface area (Å²) < 4.78 is 5.58. The first kappa shape index (κ1) is 29.9. The molecule has 0 atom stereocenters. The fourth-order valence-electron chi connectivity index (χ4n) is 3.45. The van der Waals surface area contributed by atoms with Crippen LogP contribution in [-0.4, -0.2) is 60.7 Å². The molecule has 0 radical (unpaired) electrons. The van der Waals surface area contributed by atoms with E-state index in [-0.39, 0.29) is 11.5 Å². The van der Waals surface area contributed by atoms with Gasteiger partial charge >= 0.3 is 12.0 Å². The fraction of sp³-hybridized carbons (Fsp3) is 0.720. The van der Waals surface area contributed by atoms with Gasteiger partial charge < -0.3 is 10.1 Å². The summed E-state index contributed by atoms with van der Waals surface area (Å²) in [6, 6.07) is -0.392. The number of unbranched alkanes of at least 4 members (excludes halogenated alkanes) is 5. The van der Waals surface area contributed by atoms with Crippen molar-refractivity contribution in [1.82, 2.24) is 15.3 Å². The number of thiophene rings is 1. The third kappa shape index (κ3) is 9.62. The van der Waals surface area contributed by atoms with Gasteiger partial charge in [-0.25, -0.2) is 14.6 Å². The molecular weight excluding hydrogens is 452 g/mol. The number of urea groups is 1. The normalized spacial score (nSPS) is 11.4. The second-order valence-corrected chi connectivity index (χ2v) is 10.7. The van der Waals surface area contributed by atoms with Crippen LogP contribution >= 0.6 is 11.3 Å². The molecule has 9 heteroatoms. The molecule has 0 saturated carbocycles. The highest BCUT2D eigenvalue weighted by atomic mass is 32.1. The van der Waals surface area contributed by atoms with Crippen molar-refractivity contribution < 1.29 is 19.1 Å². The van der Waals surface area contributed by atoms with Crippen molar-refractivity contribution in [2.24, 2.45) is 0 Å². The van der Waals surface area contributed by atoms with Crippen molar-refractivity contribution >= 4 is 34.2 Å². The van der Waals surface area contributed by atoms with Crippen LogP contribution in [0.2, 0.25) is 0 Å². The van der Waals surface area contributed by atoms with E-state index in [0.717, 1.165) is 37.0 Å². The van der Waals surface area contributed by atoms with Crippen molar-refractivity contribution in [3.8, 4) is 0 Å². The van der Waals surface area contributed by atoms with Gasteiger partial charge in [0.2, 0.25) is 0 Å². The van der Waals surface area contributed by atoms with Gasteiger partial charge in [-0.3, -0.25) is 15.1 Å². The number of nitrogens with one attached hydrogen (secondary N) is 2. The van der Waals surface area contributed by atoms with Gasteiger partial charge in [-0.1, -0.05) is 46.0 Å². The third-order valence-corrected chi connectivity index (χ3v) is 6.33. The SMILES string of the molecule is CCCCCCCCNC(=O)Nc1sc(C(=O)N(CCC)N(C)C)c(C)c1C(=O)OC(C)(C)C. The number of hydrogen-bond acceptors (Lipinski definition) is 6. The molecule has 0 aromatic carbocycles. The van der Waals surface area contributed by atoms with Crippen LogP contribution in [0.15, 0.2) is 0 Å². The molecule has 3 amide bonds. The molecule has 0 unspecified atom stereocenters. The topological polar surface area (TPSA) is 91.0 Å². The van der Waals surface area contributed by atoms with E-state index in [1.807, 2.05) is 6.92 Å². The van der Waals surface area contributed by atoms with Crippen LogP contribution in [0.25, 0.3) is 0 Å². The molecule has 0 aliphatic heterocycles. The first-order valence-electron chi connectivity index (χ1n) is 12.3. The number of rotatable bonds is 13. The average Bonchev–Trinajstić information content (AvgIpc) is 3.05. The molecule has 1 heterocycles.